The third-order valence-corrected chi connectivity index (χ3v) is 6.06. The van der Waals surface area contributed by atoms with Gasteiger partial charge in [0.15, 0.2) is 5.82 Å². The molecule has 0 bridgehead atoms. The molecule has 4 aromatic rings. The molecule has 2 heterocycles. The molecule has 0 amide bonds. The molecule has 2 aromatic carbocycles. The van der Waals surface area contributed by atoms with Crippen LogP contribution < -0.4 is 10.0 Å². The highest BCUT2D eigenvalue weighted by Gasteiger charge is 2.13. The van der Waals surface area contributed by atoms with Crippen LogP contribution in [0, 0.1) is 0 Å². The predicted octanol–water partition coefficient (Wildman–Crippen LogP) is 3.35. The second-order valence-corrected chi connectivity index (χ2v) is 8.67. The number of nitrogens with one attached hydrogen (secondary N) is 2. The topological polar surface area (TPSA) is 96.9 Å². The van der Waals surface area contributed by atoms with Crippen LogP contribution in [-0.2, 0) is 22.3 Å². The van der Waals surface area contributed by atoms with Crippen LogP contribution in [0.25, 0.3) is 22.3 Å². The van der Waals surface area contributed by atoms with Crippen molar-refractivity contribution in [1.29, 1.82) is 0 Å². The van der Waals surface area contributed by atoms with Crippen LogP contribution in [-0.4, -0.2) is 30.4 Å². The second-order valence-electron chi connectivity index (χ2n) is 6.74. The summed E-state index contributed by atoms with van der Waals surface area (Å²) in [7, 11) is -1.95. The second kappa shape index (κ2) is 8.56. The Hall–Kier alpha value is -3.36. The van der Waals surface area contributed by atoms with Gasteiger partial charge in [-0.1, -0.05) is 36.4 Å². The van der Waals surface area contributed by atoms with Gasteiger partial charge >= 0.3 is 0 Å². The Morgan fingerprint density at radius 3 is 2.43 bits per heavy atom. The lowest BCUT2D eigenvalue weighted by molar-refractivity contribution is 0.587. The zero-order valence-electron chi connectivity index (χ0n) is 16.4. The normalized spacial score (nSPS) is 11.5. The number of fused-ring (bicyclic) bond motifs is 1. The van der Waals surface area contributed by atoms with Crippen molar-refractivity contribution in [3.8, 4) is 11.4 Å². The Kier molecular flexibility index (Phi) is 5.69. The van der Waals surface area contributed by atoms with Crippen molar-refractivity contribution in [1.82, 2.24) is 19.7 Å². The summed E-state index contributed by atoms with van der Waals surface area (Å²) >= 11 is 0. The summed E-state index contributed by atoms with van der Waals surface area (Å²) in [6.45, 7) is 0.433. The maximum absolute atomic E-state index is 12.0. The van der Waals surface area contributed by atoms with Crippen molar-refractivity contribution in [3.63, 3.8) is 0 Å². The molecule has 2 N–H and O–H groups in total. The van der Waals surface area contributed by atoms with Gasteiger partial charge in [0, 0.05) is 29.9 Å². The third kappa shape index (κ3) is 4.45. The van der Waals surface area contributed by atoms with Gasteiger partial charge in [-0.05, 0) is 42.4 Å². The van der Waals surface area contributed by atoms with Crippen LogP contribution in [0.15, 0.2) is 73.1 Å². The lowest BCUT2D eigenvalue weighted by Crippen LogP contribution is -2.21. The summed E-state index contributed by atoms with van der Waals surface area (Å²) in [4.78, 5) is 13.5. The molecule has 0 atom stereocenters. The number of pyridine rings is 1. The first-order valence-corrected chi connectivity index (χ1v) is 11.1. The van der Waals surface area contributed by atoms with E-state index in [1.54, 1.807) is 12.4 Å². The van der Waals surface area contributed by atoms with Crippen LogP contribution >= 0.6 is 0 Å². The fraction of sp³-hybridized carbons (Fsp3) is 0.136. The molecule has 0 aliphatic rings. The van der Waals surface area contributed by atoms with E-state index in [0.717, 1.165) is 27.6 Å². The van der Waals surface area contributed by atoms with E-state index in [1.165, 1.54) is 7.05 Å². The quantitative estimate of drug-likeness (QED) is 0.477. The van der Waals surface area contributed by atoms with E-state index in [0.29, 0.717) is 18.2 Å². The highest BCUT2D eigenvalue weighted by Crippen LogP contribution is 2.25. The maximum Gasteiger partial charge on any atom is 0.215 e. The van der Waals surface area contributed by atoms with E-state index in [4.69, 9.17) is 4.98 Å². The van der Waals surface area contributed by atoms with Crippen LogP contribution in [0.1, 0.15) is 11.1 Å². The lowest BCUT2D eigenvalue weighted by Gasteiger charge is -2.13. The molecule has 0 aliphatic carbocycles. The van der Waals surface area contributed by atoms with Gasteiger partial charge in [0.2, 0.25) is 10.0 Å². The molecule has 0 fully saturated rings. The fourth-order valence-corrected chi connectivity index (χ4v) is 4.00. The number of aromatic nitrogens is 3. The number of para-hydroxylation sites is 1. The number of hydrogen-bond donors (Lipinski definition) is 2. The lowest BCUT2D eigenvalue weighted by atomic mass is 10.1. The predicted molar refractivity (Wildman–Crippen MR) is 118 cm³/mol. The molecule has 4 rings (SSSR count). The molecule has 8 heteroatoms. The van der Waals surface area contributed by atoms with Crippen LogP contribution in [0.5, 0.6) is 0 Å². The van der Waals surface area contributed by atoms with Crippen LogP contribution in [0.3, 0.4) is 0 Å². The van der Waals surface area contributed by atoms with Crippen LogP contribution in [0.2, 0.25) is 0 Å². The van der Waals surface area contributed by atoms with Gasteiger partial charge < -0.3 is 5.32 Å². The minimum atomic E-state index is -3.37. The van der Waals surface area contributed by atoms with Crippen molar-refractivity contribution in [3.05, 3.63) is 84.2 Å². The largest absolute Gasteiger partial charge is 0.365 e. The average Bonchev–Trinajstić information content (AvgIpc) is 2.78. The Morgan fingerprint density at radius 1 is 0.900 bits per heavy atom. The number of rotatable bonds is 7. The molecule has 0 saturated heterocycles. The molecule has 0 saturated carbocycles. The van der Waals surface area contributed by atoms with Crippen molar-refractivity contribution in [2.75, 3.05) is 12.4 Å². The molecule has 0 aliphatic heterocycles. The van der Waals surface area contributed by atoms with Gasteiger partial charge in [0.25, 0.3) is 0 Å². The summed E-state index contributed by atoms with van der Waals surface area (Å²) in [5, 5.41) is 4.27. The first-order valence-electron chi connectivity index (χ1n) is 9.45. The van der Waals surface area contributed by atoms with E-state index < -0.39 is 10.0 Å². The van der Waals surface area contributed by atoms with Gasteiger partial charge in [-0.15, -0.1) is 0 Å². The van der Waals surface area contributed by atoms with Gasteiger partial charge in [-0.2, -0.15) is 0 Å². The summed E-state index contributed by atoms with van der Waals surface area (Å²) in [5.41, 5.74) is 3.28. The Morgan fingerprint density at radius 2 is 1.67 bits per heavy atom. The first kappa shape index (κ1) is 19.9. The summed E-state index contributed by atoms with van der Waals surface area (Å²) in [5.74, 6) is 1.19. The molecule has 0 radical (unpaired) electrons. The summed E-state index contributed by atoms with van der Waals surface area (Å²) in [6.07, 6.45) is 3.44. The SMILES string of the molecule is CNS(=O)(=O)Cc1ccccc1CNc1nc(-c2cccnc2)nc2ccccc12. The van der Waals surface area contributed by atoms with Gasteiger partial charge in [0.05, 0.1) is 11.3 Å². The number of nitrogens with zero attached hydrogens (tertiary/aromatic N) is 3. The highest BCUT2D eigenvalue weighted by atomic mass is 32.2. The van der Waals surface area contributed by atoms with Crippen molar-refractivity contribution >= 4 is 26.7 Å². The first-order chi connectivity index (χ1) is 14.6. The highest BCUT2D eigenvalue weighted by molar-refractivity contribution is 7.88. The van der Waals surface area contributed by atoms with E-state index in [-0.39, 0.29) is 5.75 Å². The average molecular weight is 420 g/mol. The minimum Gasteiger partial charge on any atom is -0.365 e. The molecule has 2 aromatic heterocycles. The zero-order chi connectivity index (χ0) is 21.0. The molecule has 0 unspecified atom stereocenters. The van der Waals surface area contributed by atoms with Crippen molar-refractivity contribution in [2.24, 2.45) is 0 Å². The van der Waals surface area contributed by atoms with Gasteiger partial charge in [-0.3, -0.25) is 4.98 Å². The van der Waals surface area contributed by atoms with E-state index >= 15 is 0 Å². The molecular formula is C22H21N5O2S. The molecule has 0 spiro atoms. The van der Waals surface area contributed by atoms with Crippen molar-refractivity contribution < 1.29 is 8.42 Å². The van der Waals surface area contributed by atoms with Crippen molar-refractivity contribution in [2.45, 2.75) is 12.3 Å². The number of hydrogen-bond acceptors (Lipinski definition) is 6. The minimum absolute atomic E-state index is 0.0766. The Labute approximate surface area is 175 Å². The maximum atomic E-state index is 12.0. The van der Waals surface area contributed by atoms with E-state index in [2.05, 4.69) is 20.0 Å². The van der Waals surface area contributed by atoms with E-state index in [9.17, 15) is 8.42 Å². The molecule has 152 valence electrons. The van der Waals surface area contributed by atoms with Crippen LogP contribution in [0.4, 0.5) is 5.82 Å². The van der Waals surface area contributed by atoms with Gasteiger partial charge in [-0.25, -0.2) is 23.1 Å². The third-order valence-electron chi connectivity index (χ3n) is 4.74. The summed E-state index contributed by atoms with van der Waals surface area (Å²) in [6, 6.07) is 19.0. The number of benzene rings is 2. The molecule has 7 nitrogen and oxygen atoms in total. The fourth-order valence-electron chi connectivity index (χ4n) is 3.16. The Balaban J connectivity index is 1.68. The monoisotopic (exact) mass is 419 g/mol. The zero-order valence-corrected chi connectivity index (χ0v) is 17.2. The number of anilines is 1. The Bertz CT molecular complexity index is 1280. The molecular weight excluding hydrogens is 398 g/mol. The molecule has 30 heavy (non-hydrogen) atoms. The van der Waals surface area contributed by atoms with Gasteiger partial charge in [0.1, 0.15) is 5.82 Å². The summed E-state index contributed by atoms with van der Waals surface area (Å²) < 4.78 is 26.4. The van der Waals surface area contributed by atoms with E-state index in [1.807, 2.05) is 60.7 Å². The number of sulfonamides is 1. The smallest absolute Gasteiger partial charge is 0.215 e. The standard InChI is InChI=1S/C22H21N5O2S/c1-23-30(28,29)15-18-8-3-2-7-16(18)14-25-22-19-10-4-5-11-20(19)26-21(27-22)17-9-6-12-24-13-17/h2-13,23H,14-15H2,1H3,(H,25,26,27).